The first kappa shape index (κ1) is 60.6. The summed E-state index contributed by atoms with van der Waals surface area (Å²) in [7, 11) is 0. The van der Waals surface area contributed by atoms with Gasteiger partial charge in [-0.2, -0.15) is 0 Å². The third-order valence-corrected chi connectivity index (χ3v) is 9.14. The minimum absolute atomic E-state index is 0.104. The monoisotopic (exact) mass is 959 g/mol. The molecule has 0 aliphatic carbocycles. The number of aliphatic imine (C=N–C) groups is 1. The summed E-state index contributed by atoms with van der Waals surface area (Å²) in [5.74, 6) is 1.44. The molecule has 66 heavy (non-hydrogen) atoms. The summed E-state index contributed by atoms with van der Waals surface area (Å²) in [6.45, 7) is 11.4. The molecule has 25 nitrogen and oxygen atoms in total. The first-order valence-electron chi connectivity index (χ1n) is 22.3. The molecule has 25 heteroatoms. The number of hydrogen-bond acceptors (Lipinski definition) is 20. The Balaban J connectivity index is 2.18. The van der Waals surface area contributed by atoms with Gasteiger partial charge in [0.2, 0.25) is 17.6 Å². The number of ether oxygens (including phenoxy) is 12. The van der Waals surface area contributed by atoms with Gasteiger partial charge in [-0.1, -0.05) is 13.8 Å². The highest BCUT2D eigenvalue weighted by Crippen LogP contribution is 2.30. The fourth-order valence-electron chi connectivity index (χ4n) is 5.75. The number of carbonyl (C=O) groups is 3. The van der Waals surface area contributed by atoms with Crippen LogP contribution in [0.4, 0.5) is 0 Å². The van der Waals surface area contributed by atoms with Crippen LogP contribution in [0.2, 0.25) is 0 Å². The molecule has 386 valence electrons. The van der Waals surface area contributed by atoms with Crippen molar-refractivity contribution in [3.63, 3.8) is 0 Å². The maximum atomic E-state index is 13.0. The molecule has 0 aromatic heterocycles. The van der Waals surface area contributed by atoms with Crippen LogP contribution in [0.25, 0.3) is 0 Å². The van der Waals surface area contributed by atoms with E-state index < -0.39 is 61.1 Å². The summed E-state index contributed by atoms with van der Waals surface area (Å²) in [4.78, 5) is 47.4. The third-order valence-electron chi connectivity index (χ3n) is 9.14. The van der Waals surface area contributed by atoms with E-state index in [1.54, 1.807) is 11.8 Å². The number of aliphatic hydroxyl groups excluding tert-OH is 2. The van der Waals surface area contributed by atoms with Crippen molar-refractivity contribution < 1.29 is 91.4 Å². The van der Waals surface area contributed by atoms with Crippen LogP contribution in [0.1, 0.15) is 26.7 Å². The van der Waals surface area contributed by atoms with E-state index in [-0.39, 0.29) is 44.7 Å². The van der Waals surface area contributed by atoms with Crippen LogP contribution in [-0.2, 0) is 76.1 Å². The highest BCUT2D eigenvalue weighted by atomic mass is 16.6. The Morgan fingerprint density at radius 1 is 0.727 bits per heavy atom. The van der Waals surface area contributed by atoms with Crippen LogP contribution >= 0.6 is 0 Å². The predicted molar refractivity (Wildman–Crippen MR) is 235 cm³/mol. The molecular formula is C41H78N6O19. The van der Waals surface area contributed by atoms with Gasteiger partial charge >= 0.3 is 5.97 Å². The van der Waals surface area contributed by atoms with Crippen LogP contribution in [-0.4, -0.2) is 240 Å². The number of carboxylic acids is 1. The molecule has 0 saturated heterocycles. The molecule has 1 aliphatic heterocycles. The molecule has 5 atom stereocenters. The van der Waals surface area contributed by atoms with Crippen LogP contribution < -0.4 is 22.7 Å². The van der Waals surface area contributed by atoms with Crippen molar-refractivity contribution in [3.05, 3.63) is 11.8 Å². The molecule has 0 spiro atoms. The van der Waals surface area contributed by atoms with Gasteiger partial charge in [-0.15, -0.1) is 0 Å². The number of aliphatic hydroxyl groups is 2. The lowest BCUT2D eigenvalue weighted by Crippen LogP contribution is -2.51. The number of rotatable bonds is 46. The number of nitrogens with one attached hydrogen (secondary N) is 1. The van der Waals surface area contributed by atoms with Gasteiger partial charge in [0, 0.05) is 32.2 Å². The largest absolute Gasteiger partial charge is 0.480 e. The van der Waals surface area contributed by atoms with Gasteiger partial charge in [-0.25, -0.2) is 15.7 Å². The lowest BCUT2D eigenvalue weighted by Gasteiger charge is -2.38. The van der Waals surface area contributed by atoms with Gasteiger partial charge in [-0.05, 0) is 12.5 Å². The second kappa shape index (κ2) is 41.8. The van der Waals surface area contributed by atoms with E-state index in [0.717, 1.165) is 6.42 Å². The van der Waals surface area contributed by atoms with Gasteiger partial charge in [0.1, 0.15) is 24.9 Å². The van der Waals surface area contributed by atoms with Crippen LogP contribution in [0.5, 0.6) is 0 Å². The average Bonchev–Trinajstić information content (AvgIpc) is 3.29. The van der Waals surface area contributed by atoms with Gasteiger partial charge in [0.15, 0.2) is 5.96 Å². The standard InChI is InChI=1S/C41H78N6O19/c1-3-8-54-11-6-47(7-12-56-10-5-45-36(50)31-64-39(34(49)30-48)38-32(2)33(46-41(42)43)29-35(66-38)40(52)53)37(51)4-9-55-13-14-57-15-16-58-17-18-59-19-20-60-21-22-61-23-24-62-25-26-63-27-28-65-44/h29,32-34,38-39,48-49H,3-28,30-31,44H2,1-2H3,(H,45,50)(H,52,53)(H4,42,43,46)/t32-,33+,34-,38-,39-/m1/s1. The fraction of sp³-hybridized carbons (Fsp3) is 0.854. The minimum atomic E-state index is -1.52. The molecule has 0 aromatic carbocycles. The molecule has 0 unspecified atom stereocenters. The fourth-order valence-corrected chi connectivity index (χ4v) is 5.75. The Bertz CT molecular complexity index is 1290. The van der Waals surface area contributed by atoms with Crippen LogP contribution in [0.3, 0.4) is 0 Å². The summed E-state index contributed by atoms with van der Waals surface area (Å²) >= 11 is 0. The highest BCUT2D eigenvalue weighted by Gasteiger charge is 2.42. The first-order valence-corrected chi connectivity index (χ1v) is 22.3. The minimum Gasteiger partial charge on any atom is -0.480 e. The van der Waals surface area contributed by atoms with Gasteiger partial charge in [0.25, 0.3) is 0 Å². The lowest BCUT2D eigenvalue weighted by atomic mass is 9.87. The molecule has 0 saturated carbocycles. The SMILES string of the molecule is CCCOCCN(CCOCCNC(=O)CO[C@@H]([C@@H]1OC(C(=O)O)=C[C@H](N=C(N)N)[C@H]1C)[C@H](O)CO)C(=O)CCOCCOCCOCCOCCOCCOCCOCCOCCON. The summed E-state index contributed by atoms with van der Waals surface area (Å²) in [6, 6.07) is -0.831. The van der Waals surface area contributed by atoms with Gasteiger partial charge in [-0.3, -0.25) is 9.59 Å². The predicted octanol–water partition coefficient (Wildman–Crippen LogP) is -2.83. The molecule has 0 fully saturated rings. The maximum Gasteiger partial charge on any atom is 0.370 e. The Morgan fingerprint density at radius 2 is 1.18 bits per heavy atom. The molecule has 0 aromatic rings. The zero-order valence-corrected chi connectivity index (χ0v) is 38.8. The van der Waals surface area contributed by atoms with Crippen molar-refractivity contribution in [2.24, 2.45) is 28.3 Å². The van der Waals surface area contributed by atoms with E-state index in [0.29, 0.717) is 132 Å². The number of carboxylic acid groups (broad SMARTS) is 1. The summed E-state index contributed by atoms with van der Waals surface area (Å²) in [5.41, 5.74) is 11.0. The lowest BCUT2D eigenvalue weighted by molar-refractivity contribution is -0.160. The van der Waals surface area contributed by atoms with Gasteiger partial charge in [0.05, 0.1) is 151 Å². The number of hydrogen-bond donors (Lipinski definition) is 7. The number of nitrogens with two attached hydrogens (primary N) is 3. The molecule has 0 bridgehead atoms. The van der Waals surface area contributed by atoms with Crippen molar-refractivity contribution in [2.45, 2.75) is 51.0 Å². The Hall–Kier alpha value is -3.38. The number of aliphatic carboxylic acids is 1. The van der Waals surface area contributed by atoms with Crippen molar-refractivity contribution >= 4 is 23.7 Å². The summed E-state index contributed by atoms with van der Waals surface area (Å²) in [5, 5.41) is 32.3. The van der Waals surface area contributed by atoms with E-state index in [1.165, 1.54) is 6.08 Å². The Morgan fingerprint density at radius 3 is 1.62 bits per heavy atom. The maximum absolute atomic E-state index is 13.0. The van der Waals surface area contributed by atoms with Crippen LogP contribution in [0, 0.1) is 5.92 Å². The topological polar surface area (TPSA) is 338 Å². The normalized spacial score (nSPS) is 16.9. The van der Waals surface area contributed by atoms with E-state index in [1.807, 2.05) is 6.92 Å². The zero-order valence-electron chi connectivity index (χ0n) is 38.8. The summed E-state index contributed by atoms with van der Waals surface area (Å²) < 4.78 is 66.1. The molecular weight excluding hydrogens is 880 g/mol. The van der Waals surface area contributed by atoms with Crippen LogP contribution in [0.15, 0.2) is 16.8 Å². The van der Waals surface area contributed by atoms with E-state index >= 15 is 0 Å². The highest BCUT2D eigenvalue weighted by molar-refractivity contribution is 5.85. The van der Waals surface area contributed by atoms with E-state index in [2.05, 4.69) is 15.1 Å². The molecule has 10 N–H and O–H groups in total. The first-order chi connectivity index (χ1) is 32.0. The number of carbonyl (C=O) groups excluding carboxylic acids is 2. The second-order valence-electron chi connectivity index (χ2n) is 14.3. The second-order valence-corrected chi connectivity index (χ2v) is 14.3. The molecule has 1 rings (SSSR count). The van der Waals surface area contributed by atoms with Crippen molar-refractivity contribution in [3.8, 4) is 0 Å². The summed E-state index contributed by atoms with van der Waals surface area (Å²) in [6.07, 6.45) is -1.73. The van der Waals surface area contributed by atoms with E-state index in [9.17, 15) is 29.7 Å². The Kier molecular flexibility index (Phi) is 38.4. The molecule has 2 amide bonds. The third kappa shape index (κ3) is 31.6. The van der Waals surface area contributed by atoms with Crippen molar-refractivity contribution in [1.82, 2.24) is 10.2 Å². The molecule has 1 heterocycles. The van der Waals surface area contributed by atoms with E-state index in [4.69, 9.17) is 74.2 Å². The zero-order chi connectivity index (χ0) is 48.5. The van der Waals surface area contributed by atoms with Crippen molar-refractivity contribution in [1.29, 1.82) is 0 Å². The smallest absolute Gasteiger partial charge is 0.370 e. The van der Waals surface area contributed by atoms with Crippen molar-refractivity contribution in [2.75, 3.05) is 172 Å². The molecule has 0 radical (unpaired) electrons. The number of guanidine groups is 1. The average molecular weight is 959 g/mol. The quantitative estimate of drug-likeness (QED) is 0.0140. The Labute approximate surface area is 387 Å². The molecule has 1 aliphatic rings. The number of nitrogens with zero attached hydrogens (tertiary/aromatic N) is 2. The van der Waals surface area contributed by atoms with Gasteiger partial charge < -0.3 is 98.7 Å². The number of amides is 2.